The highest BCUT2D eigenvalue weighted by Crippen LogP contribution is 2.30. The normalized spacial score (nSPS) is 19.7. The molecule has 4 heteroatoms. The van der Waals surface area contributed by atoms with Crippen molar-refractivity contribution in [2.75, 3.05) is 18.8 Å². The molecule has 1 aliphatic rings. The summed E-state index contributed by atoms with van der Waals surface area (Å²) in [5.41, 5.74) is 1.34. The Morgan fingerprint density at radius 1 is 1.45 bits per heavy atom. The lowest BCUT2D eigenvalue weighted by atomic mass is 10.1. The number of thioether (sulfide) groups is 1. The molecular formula is C16H28N2OS. The van der Waals surface area contributed by atoms with Crippen molar-refractivity contribution in [3.8, 4) is 0 Å². The van der Waals surface area contributed by atoms with E-state index in [0.29, 0.717) is 10.8 Å². The van der Waals surface area contributed by atoms with Crippen LogP contribution in [0.4, 0.5) is 0 Å². The van der Waals surface area contributed by atoms with Crippen LogP contribution >= 0.6 is 11.8 Å². The van der Waals surface area contributed by atoms with Crippen LogP contribution in [0.1, 0.15) is 44.8 Å². The number of hydrogen-bond acceptors (Lipinski definition) is 4. The van der Waals surface area contributed by atoms with Gasteiger partial charge in [0.05, 0.1) is 6.54 Å². The summed E-state index contributed by atoms with van der Waals surface area (Å²) in [6, 6.07) is 2.71. The topological polar surface area (TPSA) is 28.4 Å². The molecule has 0 radical (unpaired) electrons. The summed E-state index contributed by atoms with van der Waals surface area (Å²) >= 11 is 2.08. The van der Waals surface area contributed by atoms with Crippen molar-refractivity contribution in [1.29, 1.82) is 0 Å². The van der Waals surface area contributed by atoms with Crippen LogP contribution in [0.5, 0.6) is 0 Å². The summed E-state index contributed by atoms with van der Waals surface area (Å²) in [6.07, 6.45) is 0. The molecule has 20 heavy (non-hydrogen) atoms. The first-order valence-corrected chi connectivity index (χ1v) is 8.52. The fourth-order valence-electron chi connectivity index (χ4n) is 2.63. The van der Waals surface area contributed by atoms with E-state index in [2.05, 4.69) is 62.7 Å². The molecule has 0 spiro atoms. The minimum Gasteiger partial charge on any atom is -0.465 e. The van der Waals surface area contributed by atoms with Crippen LogP contribution in [0, 0.1) is 6.92 Å². The minimum atomic E-state index is 0.373. The van der Waals surface area contributed by atoms with Crippen molar-refractivity contribution in [3.05, 3.63) is 23.2 Å². The van der Waals surface area contributed by atoms with Crippen molar-refractivity contribution in [2.45, 2.75) is 58.5 Å². The van der Waals surface area contributed by atoms with Gasteiger partial charge in [-0.05, 0) is 26.8 Å². The molecule has 114 valence electrons. The van der Waals surface area contributed by atoms with Gasteiger partial charge in [-0.1, -0.05) is 13.8 Å². The molecule has 2 rings (SSSR count). The molecule has 2 heterocycles. The van der Waals surface area contributed by atoms with Crippen LogP contribution < -0.4 is 5.32 Å². The molecule has 0 bridgehead atoms. The van der Waals surface area contributed by atoms with Crippen molar-refractivity contribution in [1.82, 2.24) is 10.2 Å². The number of rotatable bonds is 5. The second-order valence-corrected chi connectivity index (χ2v) is 8.45. The van der Waals surface area contributed by atoms with Gasteiger partial charge in [-0.3, -0.25) is 4.90 Å². The third-order valence-electron chi connectivity index (χ3n) is 3.65. The van der Waals surface area contributed by atoms with Crippen molar-refractivity contribution >= 4 is 11.8 Å². The number of nitrogens with one attached hydrogen (secondary N) is 1. The summed E-state index contributed by atoms with van der Waals surface area (Å²) in [5.74, 6) is 3.35. The molecule has 3 nitrogen and oxygen atoms in total. The molecule has 0 aromatic carbocycles. The second-order valence-electron chi connectivity index (χ2n) is 6.65. The third-order valence-corrected chi connectivity index (χ3v) is 4.95. The lowest BCUT2D eigenvalue weighted by Crippen LogP contribution is -2.42. The van der Waals surface area contributed by atoms with Crippen LogP contribution in [0.15, 0.2) is 10.5 Å². The fourth-order valence-corrected chi connectivity index (χ4v) is 3.80. The van der Waals surface area contributed by atoms with Gasteiger partial charge in [-0.15, -0.1) is 0 Å². The fraction of sp³-hybridized carbons (Fsp3) is 0.750. The monoisotopic (exact) mass is 296 g/mol. The Bertz CT molecular complexity index is 440. The van der Waals surface area contributed by atoms with E-state index in [0.717, 1.165) is 31.2 Å². The highest BCUT2D eigenvalue weighted by molar-refractivity contribution is 8.00. The van der Waals surface area contributed by atoms with E-state index in [1.165, 1.54) is 17.9 Å². The van der Waals surface area contributed by atoms with Crippen molar-refractivity contribution in [3.63, 3.8) is 0 Å². The maximum Gasteiger partial charge on any atom is 0.118 e. The summed E-state index contributed by atoms with van der Waals surface area (Å²) in [5, 5.41) is 3.41. The zero-order valence-electron chi connectivity index (χ0n) is 13.5. The van der Waals surface area contributed by atoms with Gasteiger partial charge >= 0.3 is 0 Å². The number of furan rings is 1. The molecule has 0 atom stereocenters. The number of hydrogen-bond donors (Lipinski definition) is 1. The Balaban J connectivity index is 1.95. The lowest BCUT2D eigenvalue weighted by molar-refractivity contribution is 0.251. The van der Waals surface area contributed by atoms with Crippen LogP contribution in [0.3, 0.4) is 0 Å². The first kappa shape index (κ1) is 15.9. The third kappa shape index (κ3) is 4.54. The first-order chi connectivity index (χ1) is 9.35. The summed E-state index contributed by atoms with van der Waals surface area (Å²) < 4.78 is 6.24. The minimum absolute atomic E-state index is 0.373. The van der Waals surface area contributed by atoms with E-state index in [4.69, 9.17) is 4.42 Å². The maximum absolute atomic E-state index is 5.86. The van der Waals surface area contributed by atoms with Crippen LogP contribution in [-0.2, 0) is 13.1 Å². The van der Waals surface area contributed by atoms with Crippen LogP contribution in [-0.4, -0.2) is 34.5 Å². The zero-order valence-corrected chi connectivity index (χ0v) is 14.3. The van der Waals surface area contributed by atoms with Gasteiger partial charge in [0.15, 0.2) is 0 Å². The summed E-state index contributed by atoms with van der Waals surface area (Å²) in [4.78, 5) is 2.55. The average Bonchev–Trinajstić information content (AvgIpc) is 2.66. The average molecular weight is 296 g/mol. The van der Waals surface area contributed by atoms with Gasteiger partial charge < -0.3 is 9.73 Å². The molecule has 0 aliphatic carbocycles. The van der Waals surface area contributed by atoms with E-state index < -0.39 is 0 Å². The van der Waals surface area contributed by atoms with Gasteiger partial charge in [0.2, 0.25) is 0 Å². The zero-order chi connectivity index (χ0) is 14.8. The van der Waals surface area contributed by atoms with Gasteiger partial charge in [-0.2, -0.15) is 11.8 Å². The number of nitrogens with zero attached hydrogens (tertiary/aromatic N) is 1. The van der Waals surface area contributed by atoms with E-state index in [9.17, 15) is 0 Å². The highest BCUT2D eigenvalue weighted by Gasteiger charge is 2.27. The predicted octanol–water partition coefficient (Wildman–Crippen LogP) is 3.41. The molecule has 1 saturated heterocycles. The summed E-state index contributed by atoms with van der Waals surface area (Å²) in [6.45, 7) is 15.2. The Labute approximate surface area is 127 Å². The highest BCUT2D eigenvalue weighted by atomic mass is 32.2. The van der Waals surface area contributed by atoms with Crippen molar-refractivity contribution < 1.29 is 4.42 Å². The van der Waals surface area contributed by atoms with Gasteiger partial charge in [0, 0.05) is 41.7 Å². The lowest BCUT2D eigenvalue weighted by Gasteiger charge is -2.37. The van der Waals surface area contributed by atoms with Crippen LogP contribution in [0.25, 0.3) is 0 Å². The van der Waals surface area contributed by atoms with Gasteiger partial charge in [-0.25, -0.2) is 0 Å². The smallest absolute Gasteiger partial charge is 0.118 e. The van der Waals surface area contributed by atoms with E-state index in [1.54, 1.807) is 0 Å². The molecule has 1 aliphatic heterocycles. The second kappa shape index (κ2) is 6.54. The Morgan fingerprint density at radius 3 is 2.85 bits per heavy atom. The maximum atomic E-state index is 5.86. The molecule has 0 unspecified atom stereocenters. The van der Waals surface area contributed by atoms with Crippen molar-refractivity contribution in [2.24, 2.45) is 0 Å². The Morgan fingerprint density at radius 2 is 2.20 bits per heavy atom. The Kier molecular flexibility index (Phi) is 5.21. The van der Waals surface area contributed by atoms with Gasteiger partial charge in [0.1, 0.15) is 11.5 Å². The van der Waals surface area contributed by atoms with Crippen LogP contribution in [0.2, 0.25) is 0 Å². The quantitative estimate of drug-likeness (QED) is 0.901. The molecule has 0 amide bonds. The largest absolute Gasteiger partial charge is 0.465 e. The standard InChI is InChI=1S/C16H28N2OS/c1-12(2)17-9-15-8-14(13(3)19-15)10-18-6-7-20-16(4,5)11-18/h8,12,17H,6-7,9-11H2,1-5H3. The van der Waals surface area contributed by atoms with E-state index >= 15 is 0 Å². The molecule has 1 aromatic heterocycles. The molecule has 1 N–H and O–H groups in total. The van der Waals surface area contributed by atoms with E-state index in [1.807, 2.05) is 0 Å². The first-order valence-electron chi connectivity index (χ1n) is 7.53. The van der Waals surface area contributed by atoms with E-state index in [-0.39, 0.29) is 0 Å². The summed E-state index contributed by atoms with van der Waals surface area (Å²) in [7, 11) is 0. The molecule has 0 saturated carbocycles. The van der Waals surface area contributed by atoms with Gasteiger partial charge in [0.25, 0.3) is 0 Å². The SMILES string of the molecule is Cc1oc(CNC(C)C)cc1CN1CCSC(C)(C)C1. The molecule has 1 aromatic rings. The predicted molar refractivity (Wildman–Crippen MR) is 87.2 cm³/mol. The molecule has 1 fully saturated rings. The molecular weight excluding hydrogens is 268 g/mol. The Hall–Kier alpha value is -0.450. The number of aryl methyl sites for hydroxylation is 1.